The minimum atomic E-state index is -0.539. The van der Waals surface area contributed by atoms with E-state index in [4.69, 9.17) is 16.3 Å². The summed E-state index contributed by atoms with van der Waals surface area (Å²) in [6.45, 7) is 1.73. The standard InChI is InChI=1S/C23H17ClN2O5/c1-13-2-9-19(20(10-13)26(29)30)25-22(27)15-5-8-18-16(11-15)12-21(31-23(18)28)14-3-6-17(24)7-4-14/h2-11,21H,12H2,1H3,(H,25,27)/t21-/m1/s1. The van der Waals surface area contributed by atoms with Gasteiger partial charge in [0.1, 0.15) is 11.8 Å². The van der Waals surface area contributed by atoms with Crippen molar-refractivity contribution in [3.05, 3.63) is 104 Å². The predicted octanol–water partition coefficient (Wildman–Crippen LogP) is 5.26. The molecule has 4 rings (SSSR count). The molecule has 31 heavy (non-hydrogen) atoms. The van der Waals surface area contributed by atoms with Gasteiger partial charge in [0, 0.05) is 23.1 Å². The molecule has 0 saturated heterocycles. The Labute approximate surface area is 182 Å². The number of esters is 1. The highest BCUT2D eigenvalue weighted by atomic mass is 35.5. The fourth-order valence-electron chi connectivity index (χ4n) is 3.49. The second-order valence-electron chi connectivity index (χ2n) is 7.25. The van der Waals surface area contributed by atoms with Crippen LogP contribution < -0.4 is 5.32 Å². The second-order valence-corrected chi connectivity index (χ2v) is 7.69. The van der Waals surface area contributed by atoms with Crippen molar-refractivity contribution < 1.29 is 19.2 Å². The summed E-state index contributed by atoms with van der Waals surface area (Å²) in [5, 5.41) is 14.5. The van der Waals surface area contributed by atoms with Gasteiger partial charge in [-0.3, -0.25) is 14.9 Å². The van der Waals surface area contributed by atoms with Gasteiger partial charge in [-0.05, 0) is 60.0 Å². The average molecular weight is 437 g/mol. The van der Waals surface area contributed by atoms with Crippen LogP contribution in [-0.4, -0.2) is 16.8 Å². The number of amides is 1. The number of aryl methyl sites for hydroxylation is 1. The largest absolute Gasteiger partial charge is 0.454 e. The minimum Gasteiger partial charge on any atom is -0.454 e. The van der Waals surface area contributed by atoms with Crippen LogP contribution >= 0.6 is 11.6 Å². The van der Waals surface area contributed by atoms with Gasteiger partial charge in [0.05, 0.1) is 10.5 Å². The Bertz CT molecular complexity index is 1210. The number of hydrogen-bond donors (Lipinski definition) is 1. The molecular weight excluding hydrogens is 420 g/mol. The molecule has 156 valence electrons. The first-order chi connectivity index (χ1) is 14.8. The van der Waals surface area contributed by atoms with Crippen LogP contribution in [0.3, 0.4) is 0 Å². The molecule has 8 heteroatoms. The molecule has 1 aliphatic rings. The first-order valence-corrected chi connectivity index (χ1v) is 9.85. The van der Waals surface area contributed by atoms with Crippen LogP contribution in [0.5, 0.6) is 0 Å². The van der Waals surface area contributed by atoms with E-state index < -0.39 is 22.9 Å². The summed E-state index contributed by atoms with van der Waals surface area (Å²) < 4.78 is 5.53. The number of cyclic esters (lactones) is 1. The van der Waals surface area contributed by atoms with Gasteiger partial charge in [0.15, 0.2) is 0 Å². The number of nitrogens with one attached hydrogen (secondary N) is 1. The smallest absolute Gasteiger partial charge is 0.339 e. The van der Waals surface area contributed by atoms with E-state index in [1.54, 1.807) is 43.3 Å². The lowest BCUT2D eigenvalue weighted by Gasteiger charge is -2.25. The van der Waals surface area contributed by atoms with Crippen LogP contribution in [0, 0.1) is 17.0 Å². The number of nitrogens with zero attached hydrogens (tertiary/aromatic N) is 1. The summed E-state index contributed by atoms with van der Waals surface area (Å²) in [4.78, 5) is 36.0. The van der Waals surface area contributed by atoms with Crippen LogP contribution in [0.2, 0.25) is 5.02 Å². The molecule has 0 spiro atoms. The molecule has 0 unspecified atom stereocenters. The summed E-state index contributed by atoms with van der Waals surface area (Å²) in [7, 11) is 0. The minimum absolute atomic E-state index is 0.108. The maximum absolute atomic E-state index is 12.8. The second kappa shape index (κ2) is 8.20. The van der Waals surface area contributed by atoms with Crippen molar-refractivity contribution in [3.63, 3.8) is 0 Å². The fourth-order valence-corrected chi connectivity index (χ4v) is 3.62. The number of carbonyl (C=O) groups excluding carboxylic acids is 2. The molecule has 3 aromatic carbocycles. The van der Waals surface area contributed by atoms with E-state index in [2.05, 4.69) is 5.32 Å². The number of rotatable bonds is 4. The summed E-state index contributed by atoms with van der Waals surface area (Å²) in [5.74, 6) is -0.973. The number of hydrogen-bond acceptors (Lipinski definition) is 5. The highest BCUT2D eigenvalue weighted by molar-refractivity contribution is 6.30. The summed E-state index contributed by atoms with van der Waals surface area (Å²) >= 11 is 5.93. The number of ether oxygens (including phenoxy) is 1. The SMILES string of the molecule is Cc1ccc(NC(=O)c2ccc3c(c2)C[C@H](c2ccc(Cl)cc2)OC3=O)c([N+](=O)[O-])c1. The molecule has 0 radical (unpaired) electrons. The van der Waals surface area contributed by atoms with E-state index in [9.17, 15) is 19.7 Å². The normalized spacial score (nSPS) is 15.0. The van der Waals surface area contributed by atoms with Crippen molar-refractivity contribution in [3.8, 4) is 0 Å². The number of halogens is 1. The Balaban J connectivity index is 1.60. The van der Waals surface area contributed by atoms with Crippen LogP contribution in [0.25, 0.3) is 0 Å². The van der Waals surface area contributed by atoms with Crippen molar-refractivity contribution >= 4 is 34.9 Å². The Kier molecular flexibility index (Phi) is 5.44. The van der Waals surface area contributed by atoms with E-state index in [0.717, 1.165) is 5.56 Å². The Morgan fingerprint density at radius 2 is 1.87 bits per heavy atom. The molecule has 0 saturated carbocycles. The van der Waals surface area contributed by atoms with Crippen LogP contribution in [0.15, 0.2) is 60.7 Å². The highest BCUT2D eigenvalue weighted by Gasteiger charge is 2.28. The molecule has 7 nitrogen and oxygen atoms in total. The van der Waals surface area contributed by atoms with Gasteiger partial charge < -0.3 is 10.1 Å². The van der Waals surface area contributed by atoms with Gasteiger partial charge in [-0.1, -0.05) is 29.8 Å². The number of nitro groups is 1. The molecule has 1 aliphatic heterocycles. The first-order valence-electron chi connectivity index (χ1n) is 9.47. The van der Waals surface area contributed by atoms with E-state index >= 15 is 0 Å². The van der Waals surface area contributed by atoms with Gasteiger partial charge in [-0.2, -0.15) is 0 Å². The molecule has 1 heterocycles. The van der Waals surface area contributed by atoms with E-state index in [-0.39, 0.29) is 16.9 Å². The maximum atomic E-state index is 12.8. The quantitative estimate of drug-likeness (QED) is 0.341. The fraction of sp³-hybridized carbons (Fsp3) is 0.130. The summed E-state index contributed by atoms with van der Waals surface area (Å²) in [5.41, 5.74) is 2.79. The van der Waals surface area contributed by atoms with Crippen LogP contribution in [-0.2, 0) is 11.2 Å². The van der Waals surface area contributed by atoms with Crippen molar-refractivity contribution in [2.45, 2.75) is 19.4 Å². The molecule has 0 fully saturated rings. The molecule has 3 aromatic rings. The third kappa shape index (κ3) is 4.27. The lowest BCUT2D eigenvalue weighted by atomic mass is 9.93. The molecule has 0 aromatic heterocycles. The van der Waals surface area contributed by atoms with Gasteiger partial charge in [0.25, 0.3) is 11.6 Å². The maximum Gasteiger partial charge on any atom is 0.339 e. The van der Waals surface area contributed by atoms with E-state index in [0.29, 0.717) is 28.1 Å². The van der Waals surface area contributed by atoms with Crippen molar-refractivity contribution in [2.24, 2.45) is 0 Å². The zero-order chi connectivity index (χ0) is 22.1. The molecule has 1 N–H and O–H groups in total. The molecule has 1 amide bonds. The summed E-state index contributed by atoms with van der Waals surface area (Å²) in [6.07, 6.45) is -0.0946. The molecule has 0 aliphatic carbocycles. The Morgan fingerprint density at radius 3 is 2.58 bits per heavy atom. The predicted molar refractivity (Wildman–Crippen MR) is 116 cm³/mol. The lowest BCUT2D eigenvalue weighted by Crippen LogP contribution is -2.23. The summed E-state index contributed by atoms with van der Waals surface area (Å²) in [6, 6.07) is 16.3. The monoisotopic (exact) mass is 436 g/mol. The average Bonchev–Trinajstić information content (AvgIpc) is 2.74. The van der Waals surface area contributed by atoms with Gasteiger partial charge in [0.2, 0.25) is 0 Å². The number of carbonyl (C=O) groups is 2. The van der Waals surface area contributed by atoms with Crippen molar-refractivity contribution in [2.75, 3.05) is 5.32 Å². The topological polar surface area (TPSA) is 98.5 Å². The van der Waals surface area contributed by atoms with Crippen molar-refractivity contribution in [1.82, 2.24) is 0 Å². The third-order valence-corrected chi connectivity index (χ3v) is 5.33. The lowest BCUT2D eigenvalue weighted by molar-refractivity contribution is -0.384. The Hall–Kier alpha value is -3.71. The van der Waals surface area contributed by atoms with Crippen LogP contribution in [0.4, 0.5) is 11.4 Å². The number of anilines is 1. The zero-order valence-corrected chi connectivity index (χ0v) is 17.2. The van der Waals surface area contributed by atoms with Crippen LogP contribution in [0.1, 0.15) is 43.5 Å². The van der Waals surface area contributed by atoms with Gasteiger partial charge >= 0.3 is 5.97 Å². The highest BCUT2D eigenvalue weighted by Crippen LogP contribution is 2.32. The number of fused-ring (bicyclic) bond motifs is 1. The van der Waals surface area contributed by atoms with E-state index in [1.807, 2.05) is 0 Å². The molecule has 1 atom stereocenters. The zero-order valence-electron chi connectivity index (χ0n) is 16.4. The molecular formula is C23H17ClN2O5. The third-order valence-electron chi connectivity index (χ3n) is 5.08. The number of benzene rings is 3. The van der Waals surface area contributed by atoms with Crippen molar-refractivity contribution in [1.29, 1.82) is 0 Å². The Morgan fingerprint density at radius 1 is 1.13 bits per heavy atom. The van der Waals surface area contributed by atoms with E-state index in [1.165, 1.54) is 24.3 Å². The number of nitro benzene ring substituents is 1. The first kappa shape index (κ1) is 20.6. The molecule has 0 bridgehead atoms. The van der Waals surface area contributed by atoms with Gasteiger partial charge in [-0.15, -0.1) is 0 Å². The van der Waals surface area contributed by atoms with Gasteiger partial charge in [-0.25, -0.2) is 4.79 Å².